The number of amides is 3. The molecule has 0 spiro atoms. The number of hydrogen-bond donors (Lipinski definition) is 3. The molecule has 3 amide bonds. The largest absolute Gasteiger partial charge is 0.383 e. The lowest BCUT2D eigenvalue weighted by Crippen LogP contribution is -2.58. The van der Waals surface area contributed by atoms with E-state index in [0.29, 0.717) is 18.7 Å². The summed E-state index contributed by atoms with van der Waals surface area (Å²) in [5.41, 5.74) is 0.0342. The molecule has 0 saturated heterocycles. The van der Waals surface area contributed by atoms with Crippen LogP contribution in [0.5, 0.6) is 0 Å². The van der Waals surface area contributed by atoms with Crippen LogP contribution in [0.15, 0.2) is 36.5 Å². The van der Waals surface area contributed by atoms with Gasteiger partial charge in [-0.05, 0) is 36.6 Å². The number of nitrogens with zero attached hydrogens (tertiary/aromatic N) is 2. The summed E-state index contributed by atoms with van der Waals surface area (Å²) >= 11 is 0. The third kappa shape index (κ3) is 6.03. The van der Waals surface area contributed by atoms with Crippen molar-refractivity contribution in [2.45, 2.75) is 45.3 Å². The van der Waals surface area contributed by atoms with E-state index in [1.54, 1.807) is 40.0 Å². The molecule has 0 aliphatic carbocycles. The first-order valence-corrected chi connectivity index (χ1v) is 11.7. The van der Waals surface area contributed by atoms with Crippen LogP contribution in [0.2, 0.25) is 0 Å². The Labute approximate surface area is 208 Å². The number of halogens is 2. The van der Waals surface area contributed by atoms with Gasteiger partial charge in [-0.15, -0.1) is 0 Å². The van der Waals surface area contributed by atoms with Crippen LogP contribution >= 0.6 is 0 Å². The van der Waals surface area contributed by atoms with Gasteiger partial charge in [-0.1, -0.05) is 26.0 Å². The fourth-order valence-electron chi connectivity index (χ4n) is 3.96. The molecule has 0 bridgehead atoms. The summed E-state index contributed by atoms with van der Waals surface area (Å²) in [4.78, 5) is 45.2. The van der Waals surface area contributed by atoms with Crippen molar-refractivity contribution in [1.29, 1.82) is 0 Å². The standard InChI is InChI=1S/C25H31F2N5O4/c1-14(2)20(30-23(33)15(3)28-11-12-36-4)25(35)32-19(13-16-7-6-10-29-22(16)32)24(34)31-21-17(26)8-5-9-18(21)27/h5-10,14-15,19-20,28H,11-13H2,1-4H3,(H,30,33)(H,31,34)/t15-,19?,20?/m0/s1. The van der Waals surface area contributed by atoms with E-state index in [0.717, 1.165) is 12.1 Å². The summed E-state index contributed by atoms with van der Waals surface area (Å²) in [6.07, 6.45) is 1.59. The fourth-order valence-corrected chi connectivity index (χ4v) is 3.96. The van der Waals surface area contributed by atoms with Gasteiger partial charge in [-0.3, -0.25) is 19.3 Å². The van der Waals surface area contributed by atoms with E-state index >= 15 is 0 Å². The van der Waals surface area contributed by atoms with Crippen molar-refractivity contribution in [2.24, 2.45) is 5.92 Å². The van der Waals surface area contributed by atoms with Crippen LogP contribution in [-0.2, 0) is 25.5 Å². The Hall–Kier alpha value is -3.44. The van der Waals surface area contributed by atoms with Gasteiger partial charge in [-0.2, -0.15) is 0 Å². The van der Waals surface area contributed by atoms with Gasteiger partial charge in [0.25, 0.3) is 5.91 Å². The minimum Gasteiger partial charge on any atom is -0.383 e. The molecule has 0 saturated carbocycles. The number of carbonyl (C=O) groups excluding carboxylic acids is 3. The Bertz CT molecular complexity index is 1090. The molecule has 2 unspecified atom stereocenters. The van der Waals surface area contributed by atoms with E-state index in [1.165, 1.54) is 17.2 Å². The Morgan fingerprint density at radius 1 is 1.14 bits per heavy atom. The second kappa shape index (κ2) is 12.0. The van der Waals surface area contributed by atoms with Crippen molar-refractivity contribution < 1.29 is 27.9 Å². The van der Waals surface area contributed by atoms with E-state index in [4.69, 9.17) is 4.74 Å². The minimum absolute atomic E-state index is 0.102. The van der Waals surface area contributed by atoms with Crippen molar-refractivity contribution in [3.63, 3.8) is 0 Å². The Morgan fingerprint density at radius 2 is 1.83 bits per heavy atom. The Kier molecular flexibility index (Phi) is 9.05. The number of pyridine rings is 1. The van der Waals surface area contributed by atoms with E-state index in [-0.39, 0.29) is 18.2 Å². The zero-order valence-electron chi connectivity index (χ0n) is 20.7. The van der Waals surface area contributed by atoms with Crippen molar-refractivity contribution in [3.8, 4) is 0 Å². The van der Waals surface area contributed by atoms with Gasteiger partial charge in [0.15, 0.2) is 0 Å². The topological polar surface area (TPSA) is 113 Å². The maximum atomic E-state index is 14.2. The molecule has 0 fully saturated rings. The molecular weight excluding hydrogens is 472 g/mol. The second-order valence-corrected chi connectivity index (χ2v) is 8.90. The van der Waals surface area contributed by atoms with Crippen LogP contribution in [0.1, 0.15) is 26.3 Å². The number of carbonyl (C=O) groups is 3. The quantitative estimate of drug-likeness (QED) is 0.428. The summed E-state index contributed by atoms with van der Waals surface area (Å²) < 4.78 is 33.3. The molecular formula is C25H31F2N5O4. The van der Waals surface area contributed by atoms with Crippen LogP contribution in [0.3, 0.4) is 0 Å². The number of para-hydroxylation sites is 1. The van der Waals surface area contributed by atoms with Gasteiger partial charge in [0, 0.05) is 26.3 Å². The first kappa shape index (κ1) is 27.2. The van der Waals surface area contributed by atoms with E-state index in [9.17, 15) is 23.2 Å². The van der Waals surface area contributed by atoms with Crippen molar-refractivity contribution in [2.75, 3.05) is 30.5 Å². The minimum atomic E-state index is -1.11. The van der Waals surface area contributed by atoms with Gasteiger partial charge in [0.05, 0.1) is 12.6 Å². The highest BCUT2D eigenvalue weighted by Gasteiger charge is 2.43. The summed E-state index contributed by atoms with van der Waals surface area (Å²) in [6, 6.07) is 3.96. The van der Waals surface area contributed by atoms with Gasteiger partial charge in [0.1, 0.15) is 35.2 Å². The number of methoxy groups -OCH3 is 1. The third-order valence-electron chi connectivity index (χ3n) is 5.95. The number of nitrogens with one attached hydrogen (secondary N) is 3. The van der Waals surface area contributed by atoms with E-state index < -0.39 is 53.2 Å². The maximum Gasteiger partial charge on any atom is 0.251 e. The number of benzene rings is 1. The van der Waals surface area contributed by atoms with Gasteiger partial charge in [-0.25, -0.2) is 13.8 Å². The van der Waals surface area contributed by atoms with Gasteiger partial charge in [0.2, 0.25) is 11.8 Å². The number of fused-ring (bicyclic) bond motifs is 1. The molecule has 11 heteroatoms. The average molecular weight is 504 g/mol. The lowest BCUT2D eigenvalue weighted by atomic mass is 10.0. The molecule has 3 atom stereocenters. The smallest absolute Gasteiger partial charge is 0.251 e. The van der Waals surface area contributed by atoms with E-state index in [1.807, 2.05) is 0 Å². The molecule has 9 nitrogen and oxygen atoms in total. The van der Waals surface area contributed by atoms with Crippen LogP contribution in [0.4, 0.5) is 20.3 Å². The number of anilines is 2. The first-order valence-electron chi connectivity index (χ1n) is 11.7. The van der Waals surface area contributed by atoms with Gasteiger partial charge >= 0.3 is 0 Å². The molecule has 1 aliphatic heterocycles. The van der Waals surface area contributed by atoms with Crippen LogP contribution in [-0.4, -0.2) is 61.1 Å². The molecule has 2 heterocycles. The predicted molar refractivity (Wildman–Crippen MR) is 130 cm³/mol. The predicted octanol–water partition coefficient (Wildman–Crippen LogP) is 2.02. The Morgan fingerprint density at radius 3 is 2.47 bits per heavy atom. The molecule has 1 aromatic carbocycles. The van der Waals surface area contributed by atoms with Crippen LogP contribution < -0.4 is 20.9 Å². The molecule has 1 aromatic heterocycles. The monoisotopic (exact) mass is 503 g/mol. The molecule has 36 heavy (non-hydrogen) atoms. The molecule has 1 aliphatic rings. The lowest BCUT2D eigenvalue weighted by molar-refractivity contribution is -0.130. The third-order valence-corrected chi connectivity index (χ3v) is 5.95. The summed E-state index contributed by atoms with van der Waals surface area (Å²) in [5, 5.41) is 8.05. The Balaban J connectivity index is 1.86. The summed E-state index contributed by atoms with van der Waals surface area (Å²) in [6.45, 7) is 6.07. The number of rotatable bonds is 10. The second-order valence-electron chi connectivity index (χ2n) is 8.90. The fraction of sp³-hybridized carbons (Fsp3) is 0.440. The zero-order chi connectivity index (χ0) is 26.4. The number of aromatic nitrogens is 1. The normalized spacial score (nSPS) is 16.4. The van der Waals surface area contributed by atoms with Crippen molar-refractivity contribution in [1.82, 2.24) is 15.6 Å². The molecule has 3 N–H and O–H groups in total. The first-order chi connectivity index (χ1) is 17.1. The summed E-state index contributed by atoms with van der Waals surface area (Å²) in [5.74, 6) is -3.64. The molecule has 194 valence electrons. The van der Waals surface area contributed by atoms with E-state index in [2.05, 4.69) is 20.9 Å². The SMILES string of the molecule is COCCN[C@@H](C)C(=O)NC(C(=O)N1c2ncccc2CC1C(=O)Nc1c(F)cccc1F)C(C)C. The molecule has 3 rings (SSSR count). The number of ether oxygens (including phenoxy) is 1. The van der Waals surface area contributed by atoms with Gasteiger partial charge < -0.3 is 20.7 Å². The average Bonchev–Trinajstić information content (AvgIpc) is 3.24. The highest BCUT2D eigenvalue weighted by atomic mass is 19.1. The van der Waals surface area contributed by atoms with Crippen LogP contribution in [0.25, 0.3) is 0 Å². The highest BCUT2D eigenvalue weighted by molar-refractivity contribution is 6.09. The maximum absolute atomic E-state index is 14.2. The zero-order valence-corrected chi connectivity index (χ0v) is 20.7. The van der Waals surface area contributed by atoms with Crippen molar-refractivity contribution in [3.05, 3.63) is 53.7 Å². The molecule has 0 radical (unpaired) electrons. The summed E-state index contributed by atoms with van der Waals surface area (Å²) in [7, 11) is 1.55. The van der Waals surface area contributed by atoms with Crippen molar-refractivity contribution >= 4 is 29.2 Å². The van der Waals surface area contributed by atoms with Crippen LogP contribution in [0, 0.1) is 17.6 Å². The lowest BCUT2D eigenvalue weighted by Gasteiger charge is -2.31. The molecule has 2 aromatic rings. The number of hydrogen-bond acceptors (Lipinski definition) is 6. The highest BCUT2D eigenvalue weighted by Crippen LogP contribution is 2.32.